The van der Waals surface area contributed by atoms with Crippen molar-refractivity contribution in [3.63, 3.8) is 0 Å². The number of para-hydroxylation sites is 1. The summed E-state index contributed by atoms with van der Waals surface area (Å²) < 4.78 is 72.9. The predicted octanol–water partition coefficient (Wildman–Crippen LogP) is 3.12. The van der Waals surface area contributed by atoms with E-state index < -0.39 is 51.7 Å². The Balaban J connectivity index is 1.64. The maximum atomic E-state index is 13.3. The minimum atomic E-state index is -4.84. The number of esters is 1. The van der Waals surface area contributed by atoms with Gasteiger partial charge in [-0.15, -0.1) is 0 Å². The molecule has 0 spiro atoms. The smallest absolute Gasteiger partial charge is 0.352 e. The molecule has 0 unspecified atom stereocenters. The van der Waals surface area contributed by atoms with Gasteiger partial charge in [-0.2, -0.15) is 8.42 Å². The van der Waals surface area contributed by atoms with Crippen molar-refractivity contribution in [2.45, 2.75) is 37.3 Å². The summed E-state index contributed by atoms with van der Waals surface area (Å²) in [5.41, 5.74) is 0.532. The predicted molar refractivity (Wildman–Crippen MR) is 156 cm³/mol. The minimum Gasteiger partial charge on any atom is -0.493 e. The highest BCUT2D eigenvalue weighted by molar-refractivity contribution is 8.05. The van der Waals surface area contributed by atoms with Gasteiger partial charge in [-0.25, -0.2) is 22.3 Å². The summed E-state index contributed by atoms with van der Waals surface area (Å²) >= 11 is 0. The number of nitrogens with zero attached hydrogens (tertiary/aromatic N) is 2. The number of methoxy groups -OCH3 is 1. The van der Waals surface area contributed by atoms with Gasteiger partial charge in [0.1, 0.15) is 24.7 Å². The summed E-state index contributed by atoms with van der Waals surface area (Å²) in [4.78, 5) is 23.7. The molecule has 0 amide bonds. The van der Waals surface area contributed by atoms with E-state index >= 15 is 0 Å². The molecule has 0 bridgehead atoms. The molecule has 2 aromatic carbocycles. The zero-order chi connectivity index (χ0) is 30.9. The van der Waals surface area contributed by atoms with Crippen molar-refractivity contribution < 1.29 is 45.7 Å². The van der Waals surface area contributed by atoms with Gasteiger partial charge in [0.05, 0.1) is 17.7 Å². The minimum absolute atomic E-state index is 0.0574. The molecule has 0 atom stereocenters. The largest absolute Gasteiger partial charge is 0.493 e. The molecule has 0 saturated carbocycles. The number of hydrogen-bond acceptors (Lipinski definition) is 9. The number of ether oxygens (including phenoxy) is 3. The van der Waals surface area contributed by atoms with E-state index in [0.717, 1.165) is 6.04 Å². The lowest BCUT2D eigenvalue weighted by atomic mass is 10.1. The molecule has 1 aliphatic rings. The van der Waals surface area contributed by atoms with Crippen LogP contribution in [0.15, 0.2) is 59.5 Å². The number of aromatic carboxylic acids is 1. The number of carboxylic acid groups (broad SMARTS) is 1. The van der Waals surface area contributed by atoms with Crippen molar-refractivity contribution in [1.82, 2.24) is 8.69 Å². The van der Waals surface area contributed by atoms with Crippen LogP contribution in [0.3, 0.4) is 0 Å². The first kappa shape index (κ1) is 31.2. The third-order valence-corrected chi connectivity index (χ3v) is 11.5. The van der Waals surface area contributed by atoms with Crippen molar-refractivity contribution in [1.29, 1.82) is 0 Å². The molecule has 16 heteroatoms. The van der Waals surface area contributed by atoms with Gasteiger partial charge in [-0.1, -0.05) is 42.0 Å². The number of carbonyl (C=O) groups excluding carboxylic acids is 1. The van der Waals surface area contributed by atoms with Gasteiger partial charge in [0, 0.05) is 14.7 Å². The average Bonchev–Trinajstić information content (AvgIpc) is 3.33. The molecule has 226 valence electrons. The van der Waals surface area contributed by atoms with Crippen LogP contribution in [0.1, 0.15) is 10.5 Å². The first-order valence-corrected chi connectivity index (χ1v) is 19.3. The molecule has 2 N–H and O–H groups in total. The molecule has 4 rings (SSSR count). The molecule has 1 aliphatic heterocycles. The maximum absolute atomic E-state index is 13.3. The highest BCUT2D eigenvalue weighted by Gasteiger charge is 2.37. The van der Waals surface area contributed by atoms with Crippen LogP contribution in [0, 0.1) is 0 Å². The Kier molecular flexibility index (Phi) is 8.84. The van der Waals surface area contributed by atoms with Crippen LogP contribution in [0.25, 0.3) is 11.3 Å². The number of rotatable bonds is 12. The number of fused-ring (bicyclic) bond motifs is 1. The molecule has 2 heterocycles. The second kappa shape index (κ2) is 11.9. The Bertz CT molecular complexity index is 1730. The van der Waals surface area contributed by atoms with Gasteiger partial charge in [0.15, 0.2) is 11.5 Å². The summed E-state index contributed by atoms with van der Waals surface area (Å²) in [6, 6.07) is 13.4. The summed E-state index contributed by atoms with van der Waals surface area (Å²) in [6.45, 7) is 6.15. The topological polar surface area (TPSA) is 171 Å². The average molecular weight is 638 g/mol. The molecule has 3 aromatic rings. The lowest BCUT2D eigenvalue weighted by molar-refractivity contribution is -0.133. The van der Waals surface area contributed by atoms with Crippen molar-refractivity contribution in [2.24, 2.45) is 0 Å². The number of anilines is 1. The van der Waals surface area contributed by atoms with Crippen LogP contribution in [0.2, 0.25) is 25.7 Å². The third kappa shape index (κ3) is 6.84. The lowest BCUT2D eigenvalue weighted by Gasteiger charge is -2.29. The van der Waals surface area contributed by atoms with Crippen molar-refractivity contribution in [3.05, 3.63) is 60.3 Å². The van der Waals surface area contributed by atoms with Gasteiger partial charge in [0.25, 0.3) is 10.0 Å². The fourth-order valence-electron chi connectivity index (χ4n) is 4.16. The Hall–Kier alpha value is -3.70. The molecule has 0 saturated heterocycles. The highest BCUT2D eigenvalue weighted by atomic mass is 32.3. The second-order valence-corrected chi connectivity index (χ2v) is 19.8. The van der Waals surface area contributed by atoms with E-state index in [1.165, 1.54) is 60.2 Å². The van der Waals surface area contributed by atoms with Crippen LogP contribution in [-0.4, -0.2) is 66.8 Å². The Labute approximate surface area is 244 Å². The number of carbonyl (C=O) groups is 2. The molecule has 13 nitrogen and oxygen atoms in total. The normalized spacial score (nSPS) is 13.9. The molecule has 42 heavy (non-hydrogen) atoms. The van der Waals surface area contributed by atoms with Crippen molar-refractivity contribution in [3.8, 4) is 22.8 Å². The van der Waals surface area contributed by atoms with E-state index in [2.05, 4.69) is 19.6 Å². The number of benzene rings is 2. The van der Waals surface area contributed by atoms with Crippen molar-refractivity contribution >= 4 is 45.9 Å². The van der Waals surface area contributed by atoms with Gasteiger partial charge in [-0.3, -0.25) is 0 Å². The summed E-state index contributed by atoms with van der Waals surface area (Å²) in [7, 11) is -9.63. The van der Waals surface area contributed by atoms with Gasteiger partial charge in [0.2, 0.25) is 0 Å². The number of aromatic nitrogens is 1. The van der Waals surface area contributed by atoms with Gasteiger partial charge >= 0.3 is 22.1 Å². The van der Waals surface area contributed by atoms with Crippen molar-refractivity contribution in [2.75, 3.05) is 24.6 Å². The Morgan fingerprint density at radius 3 is 2.45 bits per heavy atom. The summed E-state index contributed by atoms with van der Waals surface area (Å²) in [5.74, 6) is -2.20. The lowest BCUT2D eigenvalue weighted by Crippen LogP contribution is -2.48. The van der Waals surface area contributed by atoms with E-state index in [-0.39, 0.29) is 29.6 Å². The van der Waals surface area contributed by atoms with Crippen LogP contribution in [0.4, 0.5) is 5.69 Å². The van der Waals surface area contributed by atoms with Gasteiger partial charge in [-0.05, 0) is 48.0 Å². The fourth-order valence-corrected chi connectivity index (χ4v) is 7.99. The molecule has 0 fully saturated rings. The molecular weight excluding hydrogens is 607 g/mol. The number of carboxylic acids is 1. The monoisotopic (exact) mass is 637 g/mol. The van der Waals surface area contributed by atoms with Gasteiger partial charge < -0.3 is 23.9 Å². The third-order valence-electron chi connectivity index (χ3n) is 6.30. The standard InChI is InChI=1S/C26H31N3O10S2Si/c1-37-23-10-6-9-21-25(23)39-24(30)16-29(21)41(35,36)27-40(33,34)19-8-5-7-18(15-19)20-11-12-22(26(31)32)28(20)17-38-13-14-42(2,3)4/h5-12,15,27H,13-14,16-17H2,1-4H3,(H,31,32). The molecule has 1 aromatic heterocycles. The van der Waals surface area contributed by atoms with E-state index in [0.29, 0.717) is 22.2 Å². The van der Waals surface area contributed by atoms with E-state index in [1.807, 2.05) is 0 Å². The van der Waals surface area contributed by atoms with E-state index in [9.17, 15) is 31.5 Å². The first-order valence-electron chi connectivity index (χ1n) is 12.7. The highest BCUT2D eigenvalue weighted by Crippen LogP contribution is 2.41. The maximum Gasteiger partial charge on any atom is 0.352 e. The fraction of sp³-hybridized carbons (Fsp3) is 0.308. The Morgan fingerprint density at radius 2 is 1.79 bits per heavy atom. The molecular formula is C26H31N3O10S2Si. The second-order valence-electron chi connectivity index (χ2n) is 10.6. The van der Waals surface area contributed by atoms with Crippen LogP contribution >= 0.6 is 0 Å². The number of sulfonamides is 1. The summed E-state index contributed by atoms with van der Waals surface area (Å²) in [5, 5.41) is 9.68. The molecule has 0 radical (unpaired) electrons. The van der Waals surface area contributed by atoms with Crippen LogP contribution in [0.5, 0.6) is 11.5 Å². The quantitative estimate of drug-likeness (QED) is 0.130. The number of hydrogen-bond donors (Lipinski definition) is 2. The zero-order valence-electron chi connectivity index (χ0n) is 23.4. The molecule has 0 aliphatic carbocycles. The van der Waals surface area contributed by atoms with E-state index in [4.69, 9.17) is 14.2 Å². The first-order chi connectivity index (χ1) is 19.6. The zero-order valence-corrected chi connectivity index (χ0v) is 26.0. The summed E-state index contributed by atoms with van der Waals surface area (Å²) in [6.07, 6.45) is 0. The van der Waals surface area contributed by atoms with E-state index in [1.54, 1.807) is 10.2 Å². The van der Waals surface area contributed by atoms with Crippen LogP contribution in [-0.2, 0) is 36.5 Å². The SMILES string of the molecule is COc1cccc2c1OC(=O)CN2S(=O)(=O)NS(=O)(=O)c1cccc(-c2ccc(C(=O)O)n2COCC[Si](C)(C)C)c1. The van der Waals surface area contributed by atoms with Crippen LogP contribution < -0.4 is 17.9 Å². The Morgan fingerprint density at radius 1 is 1.07 bits per heavy atom. The number of nitrogens with one attached hydrogen (secondary N) is 1.